The van der Waals surface area contributed by atoms with Gasteiger partial charge in [-0.1, -0.05) is 18.2 Å². The van der Waals surface area contributed by atoms with Crippen molar-refractivity contribution in [2.75, 3.05) is 26.7 Å². The fourth-order valence-corrected chi connectivity index (χ4v) is 4.88. The lowest BCUT2D eigenvalue weighted by Crippen LogP contribution is -3.14. The zero-order chi connectivity index (χ0) is 21.5. The van der Waals surface area contributed by atoms with Gasteiger partial charge in [0, 0.05) is 42.6 Å². The Hall–Kier alpha value is -2.38. The Labute approximate surface area is 182 Å². The number of ether oxygens (including phenoxy) is 1. The molecule has 1 aliphatic heterocycles. The summed E-state index contributed by atoms with van der Waals surface area (Å²) in [6, 6.07) is 12.2. The van der Waals surface area contributed by atoms with Crippen molar-refractivity contribution in [3.8, 4) is 5.75 Å². The number of piperidine rings is 1. The molecule has 1 aromatic carbocycles. The number of likely N-dealkylation sites (tertiary alicyclic amines) is 1. The Kier molecular flexibility index (Phi) is 7.87. The number of nitrogens with two attached hydrogens (primary N) is 1. The Balaban J connectivity index is 1.67. The van der Waals surface area contributed by atoms with Crippen LogP contribution in [0.2, 0.25) is 0 Å². The Morgan fingerprint density at radius 2 is 1.93 bits per heavy atom. The fourth-order valence-electron chi connectivity index (χ4n) is 4.05. The molecule has 0 radical (unpaired) electrons. The quantitative estimate of drug-likeness (QED) is 0.633. The predicted molar refractivity (Wildman–Crippen MR) is 119 cm³/mol. The van der Waals surface area contributed by atoms with Crippen LogP contribution in [0.25, 0.3) is 0 Å². The van der Waals surface area contributed by atoms with Gasteiger partial charge in [0.2, 0.25) is 5.91 Å². The van der Waals surface area contributed by atoms with Gasteiger partial charge in [0.15, 0.2) is 6.54 Å². The molecule has 3 N–H and O–H groups in total. The molecular formula is C23H32N3O3S+. The normalized spacial score (nSPS) is 19.8. The molecule has 2 heterocycles. The summed E-state index contributed by atoms with van der Waals surface area (Å²) < 4.78 is 5.25. The molecule has 0 bridgehead atoms. The molecule has 3 rings (SSSR count). The van der Waals surface area contributed by atoms with E-state index in [4.69, 9.17) is 10.5 Å². The van der Waals surface area contributed by atoms with Gasteiger partial charge in [0.25, 0.3) is 5.91 Å². The molecule has 6 nitrogen and oxygen atoms in total. The van der Waals surface area contributed by atoms with E-state index in [1.54, 1.807) is 18.4 Å². The first-order chi connectivity index (χ1) is 14.5. The van der Waals surface area contributed by atoms with E-state index >= 15 is 0 Å². The lowest BCUT2D eigenvalue weighted by molar-refractivity contribution is -0.898. The minimum Gasteiger partial charge on any atom is -0.497 e. The van der Waals surface area contributed by atoms with Crippen molar-refractivity contribution < 1.29 is 19.2 Å². The van der Waals surface area contributed by atoms with Crippen LogP contribution in [0.3, 0.4) is 0 Å². The summed E-state index contributed by atoms with van der Waals surface area (Å²) in [5.74, 6) is 0.704. The van der Waals surface area contributed by atoms with Crippen molar-refractivity contribution in [2.24, 2.45) is 11.7 Å². The average Bonchev–Trinajstić information content (AvgIpc) is 3.25. The third kappa shape index (κ3) is 6.06. The van der Waals surface area contributed by atoms with Crippen LogP contribution in [0.1, 0.15) is 30.2 Å². The van der Waals surface area contributed by atoms with Gasteiger partial charge in [0.05, 0.1) is 20.2 Å². The maximum atomic E-state index is 13.3. The number of methoxy groups -OCH3 is 1. The molecule has 1 fully saturated rings. The van der Waals surface area contributed by atoms with Crippen LogP contribution >= 0.6 is 11.3 Å². The lowest BCUT2D eigenvalue weighted by atomic mass is 9.96. The van der Waals surface area contributed by atoms with Crippen molar-refractivity contribution in [3.63, 3.8) is 0 Å². The molecule has 30 heavy (non-hydrogen) atoms. The predicted octanol–water partition coefficient (Wildman–Crippen LogP) is 1.50. The molecule has 0 unspecified atom stereocenters. The topological polar surface area (TPSA) is 77.1 Å². The number of quaternary nitrogens is 1. The highest BCUT2D eigenvalue weighted by atomic mass is 32.1. The highest BCUT2D eigenvalue weighted by Gasteiger charge is 2.30. The van der Waals surface area contributed by atoms with Gasteiger partial charge in [-0.2, -0.15) is 0 Å². The van der Waals surface area contributed by atoms with Gasteiger partial charge < -0.3 is 20.3 Å². The highest BCUT2D eigenvalue weighted by molar-refractivity contribution is 7.09. The number of rotatable bonds is 9. The van der Waals surface area contributed by atoms with Crippen LogP contribution < -0.4 is 15.4 Å². The molecule has 2 amide bonds. The minimum atomic E-state index is -0.217. The molecule has 1 aliphatic rings. The first-order valence-electron chi connectivity index (χ1n) is 10.5. The van der Waals surface area contributed by atoms with Crippen LogP contribution in [-0.2, 0) is 22.6 Å². The zero-order valence-electron chi connectivity index (χ0n) is 17.8. The van der Waals surface area contributed by atoms with E-state index in [9.17, 15) is 9.59 Å². The molecule has 162 valence electrons. The second-order valence-electron chi connectivity index (χ2n) is 8.11. The number of benzene rings is 1. The van der Waals surface area contributed by atoms with E-state index in [0.717, 1.165) is 43.7 Å². The number of hydrogen-bond acceptors (Lipinski definition) is 4. The maximum absolute atomic E-state index is 13.3. The van der Waals surface area contributed by atoms with E-state index < -0.39 is 0 Å². The standard InChI is InChI=1S/C23H31N3O3S/c1-17(14-21-4-3-13-30-21)26(15-18-5-7-20(29-2)8-6-18)22(27)16-25-11-9-19(10-12-25)23(24)28/h3-8,13,17,19H,9-12,14-16H2,1-2H3,(H2,24,28)/p+1/t17-/m0/s1. The Morgan fingerprint density at radius 3 is 2.50 bits per heavy atom. The summed E-state index contributed by atoms with van der Waals surface area (Å²) >= 11 is 1.73. The van der Waals surface area contributed by atoms with Crippen molar-refractivity contribution in [1.82, 2.24) is 4.90 Å². The molecule has 0 saturated carbocycles. The minimum absolute atomic E-state index is 0.0444. The molecule has 1 saturated heterocycles. The largest absolute Gasteiger partial charge is 0.497 e. The van der Waals surface area contributed by atoms with Crippen LogP contribution in [0.4, 0.5) is 0 Å². The summed E-state index contributed by atoms with van der Waals surface area (Å²) in [6.07, 6.45) is 2.38. The van der Waals surface area contributed by atoms with Crippen LogP contribution in [0.15, 0.2) is 41.8 Å². The number of carbonyl (C=O) groups is 2. The Morgan fingerprint density at radius 1 is 1.23 bits per heavy atom. The number of nitrogens with zero attached hydrogens (tertiary/aromatic N) is 1. The Bertz CT molecular complexity index is 815. The molecule has 1 atom stereocenters. The molecule has 2 aromatic rings. The van der Waals surface area contributed by atoms with Crippen molar-refractivity contribution in [2.45, 2.75) is 38.8 Å². The SMILES string of the molecule is COc1ccc(CN(C(=O)C[NH+]2CCC(C(N)=O)CC2)[C@@H](C)Cc2cccs2)cc1. The molecule has 0 aliphatic carbocycles. The summed E-state index contributed by atoms with van der Waals surface area (Å²) in [6.45, 7) is 4.78. The van der Waals surface area contributed by atoms with Crippen molar-refractivity contribution in [1.29, 1.82) is 0 Å². The van der Waals surface area contributed by atoms with E-state index in [-0.39, 0.29) is 23.8 Å². The fraction of sp³-hybridized carbons (Fsp3) is 0.478. The van der Waals surface area contributed by atoms with Gasteiger partial charge >= 0.3 is 0 Å². The van der Waals surface area contributed by atoms with E-state index in [1.165, 1.54) is 9.78 Å². The first-order valence-corrected chi connectivity index (χ1v) is 11.4. The third-order valence-corrected chi connectivity index (χ3v) is 6.84. The van der Waals surface area contributed by atoms with Gasteiger partial charge in [0.1, 0.15) is 5.75 Å². The number of nitrogens with one attached hydrogen (secondary N) is 1. The van der Waals surface area contributed by atoms with E-state index in [0.29, 0.717) is 13.1 Å². The maximum Gasteiger partial charge on any atom is 0.278 e. The number of primary amides is 1. The second kappa shape index (κ2) is 10.6. The monoisotopic (exact) mass is 430 g/mol. The molecule has 7 heteroatoms. The molecule has 1 aromatic heterocycles. The third-order valence-electron chi connectivity index (χ3n) is 5.94. The number of amides is 2. The highest BCUT2D eigenvalue weighted by Crippen LogP contribution is 2.18. The summed E-state index contributed by atoms with van der Waals surface area (Å²) in [4.78, 5) is 29.2. The summed E-state index contributed by atoms with van der Waals surface area (Å²) in [5.41, 5.74) is 6.53. The average molecular weight is 431 g/mol. The lowest BCUT2D eigenvalue weighted by Gasteiger charge is -2.32. The first kappa shape index (κ1) is 22.3. The zero-order valence-corrected chi connectivity index (χ0v) is 18.6. The van der Waals surface area contributed by atoms with Gasteiger partial charge in [-0.05, 0) is 36.1 Å². The summed E-state index contributed by atoms with van der Waals surface area (Å²) in [7, 11) is 1.65. The number of hydrogen-bond donors (Lipinski definition) is 2. The van der Waals surface area contributed by atoms with Crippen LogP contribution in [-0.4, -0.2) is 49.5 Å². The van der Waals surface area contributed by atoms with Crippen LogP contribution in [0.5, 0.6) is 5.75 Å². The number of carbonyl (C=O) groups excluding carboxylic acids is 2. The van der Waals surface area contributed by atoms with Crippen molar-refractivity contribution >= 4 is 23.2 Å². The number of thiophene rings is 1. The van der Waals surface area contributed by atoms with Gasteiger partial charge in [-0.25, -0.2) is 0 Å². The second-order valence-corrected chi connectivity index (χ2v) is 9.14. The molecule has 0 spiro atoms. The van der Waals surface area contributed by atoms with Crippen LogP contribution in [0, 0.1) is 5.92 Å². The van der Waals surface area contributed by atoms with Crippen molar-refractivity contribution in [3.05, 3.63) is 52.2 Å². The van der Waals surface area contributed by atoms with Gasteiger partial charge in [-0.3, -0.25) is 9.59 Å². The smallest absolute Gasteiger partial charge is 0.278 e. The van der Waals surface area contributed by atoms with Gasteiger partial charge in [-0.15, -0.1) is 11.3 Å². The summed E-state index contributed by atoms with van der Waals surface area (Å²) in [5, 5.41) is 2.07. The van der Waals surface area contributed by atoms with E-state index in [1.807, 2.05) is 29.2 Å². The van der Waals surface area contributed by atoms with E-state index in [2.05, 4.69) is 24.4 Å². The molecular weight excluding hydrogens is 398 g/mol.